The summed E-state index contributed by atoms with van der Waals surface area (Å²) in [5, 5.41) is 8.75. The second-order valence-corrected chi connectivity index (χ2v) is 6.26. The maximum Gasteiger partial charge on any atom is 0.393 e. The van der Waals surface area contributed by atoms with Crippen molar-refractivity contribution in [3.63, 3.8) is 0 Å². The van der Waals surface area contributed by atoms with E-state index >= 15 is 0 Å². The summed E-state index contributed by atoms with van der Waals surface area (Å²) < 4.78 is 36.8. The minimum absolute atomic E-state index is 0.182. The highest BCUT2D eigenvalue weighted by atomic mass is 79.9. The van der Waals surface area contributed by atoms with Crippen LogP contribution in [0.2, 0.25) is 0 Å². The number of hydrogen-bond acceptors (Lipinski definition) is 2. The third kappa shape index (κ3) is 3.18. The number of rotatable bonds is 2. The van der Waals surface area contributed by atoms with E-state index in [1.165, 1.54) is 0 Å². The number of thiophene rings is 1. The lowest BCUT2D eigenvalue weighted by Gasteiger charge is -2.06. The molecule has 0 aliphatic rings. The zero-order chi connectivity index (χ0) is 11.8. The van der Waals surface area contributed by atoms with Crippen LogP contribution in [0, 0.1) is 0 Å². The number of aromatic carboxylic acids is 1. The van der Waals surface area contributed by atoms with Crippen molar-refractivity contribution in [1.82, 2.24) is 0 Å². The molecule has 1 N–H and O–H groups in total. The standard InChI is InChI=1S/C7H3Br2F3O2S/c8-4-2(1-7(10,11)12)3(6(13)14)5(9)15-4/h1H2,(H,13,14). The summed E-state index contributed by atoms with van der Waals surface area (Å²) in [5.74, 6) is -1.37. The molecule has 0 amide bonds. The molecule has 8 heteroatoms. The van der Waals surface area contributed by atoms with Crippen molar-refractivity contribution in [2.24, 2.45) is 0 Å². The van der Waals surface area contributed by atoms with Gasteiger partial charge in [-0.05, 0) is 31.9 Å². The molecule has 1 aromatic rings. The van der Waals surface area contributed by atoms with Crippen LogP contribution in [-0.4, -0.2) is 17.3 Å². The monoisotopic (exact) mass is 366 g/mol. The van der Waals surface area contributed by atoms with Crippen molar-refractivity contribution in [1.29, 1.82) is 0 Å². The fourth-order valence-corrected chi connectivity index (χ4v) is 4.12. The predicted molar refractivity (Wildman–Crippen MR) is 56.4 cm³/mol. The molecule has 0 bridgehead atoms. The summed E-state index contributed by atoms with van der Waals surface area (Å²) in [7, 11) is 0. The Labute approximate surface area is 103 Å². The highest BCUT2D eigenvalue weighted by Gasteiger charge is 2.33. The average Bonchev–Trinajstić information content (AvgIpc) is 2.23. The molecule has 0 radical (unpaired) electrons. The summed E-state index contributed by atoms with van der Waals surface area (Å²) in [4.78, 5) is 10.7. The van der Waals surface area contributed by atoms with Gasteiger partial charge in [0.05, 0.1) is 19.6 Å². The SMILES string of the molecule is O=C(O)c1c(Br)sc(Br)c1CC(F)(F)F. The van der Waals surface area contributed by atoms with Gasteiger partial charge >= 0.3 is 12.1 Å². The van der Waals surface area contributed by atoms with Crippen molar-refractivity contribution >= 4 is 49.2 Å². The van der Waals surface area contributed by atoms with Crippen molar-refractivity contribution in [3.05, 3.63) is 18.7 Å². The van der Waals surface area contributed by atoms with Gasteiger partial charge in [0.1, 0.15) is 0 Å². The Balaban J connectivity index is 3.21. The van der Waals surface area contributed by atoms with E-state index in [4.69, 9.17) is 5.11 Å². The predicted octanol–water partition coefficient (Wildman–Crippen LogP) is 4.08. The molecule has 0 unspecified atom stereocenters. The molecule has 15 heavy (non-hydrogen) atoms. The first-order valence-electron chi connectivity index (χ1n) is 3.49. The molecular weight excluding hydrogens is 365 g/mol. The van der Waals surface area contributed by atoms with Gasteiger partial charge in [0.15, 0.2) is 0 Å². The highest BCUT2D eigenvalue weighted by Crippen LogP contribution is 2.39. The summed E-state index contributed by atoms with van der Waals surface area (Å²) in [5.41, 5.74) is -0.573. The van der Waals surface area contributed by atoms with Crippen LogP contribution in [0.1, 0.15) is 15.9 Å². The number of alkyl halides is 3. The van der Waals surface area contributed by atoms with E-state index in [1.54, 1.807) is 0 Å². The molecule has 0 saturated heterocycles. The van der Waals surface area contributed by atoms with Gasteiger partial charge in [-0.25, -0.2) is 4.79 Å². The normalized spacial score (nSPS) is 11.8. The molecule has 0 fully saturated rings. The molecule has 1 aromatic heterocycles. The Bertz CT molecular complexity index is 400. The van der Waals surface area contributed by atoms with E-state index in [2.05, 4.69) is 31.9 Å². The van der Waals surface area contributed by atoms with Crippen LogP contribution in [-0.2, 0) is 6.42 Å². The maximum absolute atomic E-state index is 12.1. The summed E-state index contributed by atoms with van der Waals surface area (Å²) >= 11 is 6.75. The Morgan fingerprint density at radius 1 is 1.33 bits per heavy atom. The number of carbonyl (C=O) groups is 1. The number of halogens is 5. The van der Waals surface area contributed by atoms with Crippen LogP contribution >= 0.6 is 43.2 Å². The lowest BCUT2D eigenvalue weighted by atomic mass is 10.1. The average molecular weight is 368 g/mol. The van der Waals surface area contributed by atoms with Gasteiger partial charge in [-0.3, -0.25) is 0 Å². The van der Waals surface area contributed by atoms with Gasteiger partial charge in [-0.2, -0.15) is 13.2 Å². The number of hydrogen-bond donors (Lipinski definition) is 1. The van der Waals surface area contributed by atoms with Gasteiger partial charge in [0.2, 0.25) is 0 Å². The first-order valence-corrected chi connectivity index (χ1v) is 5.89. The molecule has 0 atom stereocenters. The molecule has 0 aliphatic carbocycles. The van der Waals surface area contributed by atoms with E-state index in [-0.39, 0.29) is 18.7 Å². The Morgan fingerprint density at radius 3 is 2.27 bits per heavy atom. The molecule has 0 aliphatic heterocycles. The second kappa shape index (κ2) is 4.42. The Kier molecular flexibility index (Phi) is 3.83. The largest absolute Gasteiger partial charge is 0.478 e. The number of carboxylic acids is 1. The van der Waals surface area contributed by atoms with Crippen LogP contribution in [0.3, 0.4) is 0 Å². The van der Waals surface area contributed by atoms with Gasteiger partial charge in [0, 0.05) is 5.56 Å². The van der Waals surface area contributed by atoms with Crippen molar-refractivity contribution in [2.75, 3.05) is 0 Å². The Morgan fingerprint density at radius 2 is 1.87 bits per heavy atom. The minimum Gasteiger partial charge on any atom is -0.478 e. The molecule has 0 aromatic carbocycles. The van der Waals surface area contributed by atoms with Crippen molar-refractivity contribution in [2.45, 2.75) is 12.6 Å². The minimum atomic E-state index is -4.42. The zero-order valence-corrected chi connectivity index (χ0v) is 10.8. The lowest BCUT2D eigenvalue weighted by molar-refractivity contribution is -0.127. The van der Waals surface area contributed by atoms with E-state index in [0.29, 0.717) is 0 Å². The molecule has 1 heterocycles. The van der Waals surface area contributed by atoms with E-state index in [9.17, 15) is 18.0 Å². The van der Waals surface area contributed by atoms with Crippen molar-refractivity contribution in [3.8, 4) is 0 Å². The zero-order valence-electron chi connectivity index (χ0n) is 6.86. The summed E-state index contributed by atoms with van der Waals surface area (Å²) in [6.45, 7) is 0. The fraction of sp³-hybridized carbons (Fsp3) is 0.286. The third-order valence-corrected chi connectivity index (χ3v) is 4.16. The first kappa shape index (κ1) is 13.0. The van der Waals surface area contributed by atoms with E-state index in [1.807, 2.05) is 0 Å². The maximum atomic E-state index is 12.1. The molecule has 0 saturated carbocycles. The quantitative estimate of drug-likeness (QED) is 0.855. The van der Waals surface area contributed by atoms with Crippen LogP contribution < -0.4 is 0 Å². The topological polar surface area (TPSA) is 37.3 Å². The van der Waals surface area contributed by atoms with Crippen molar-refractivity contribution < 1.29 is 23.1 Å². The van der Waals surface area contributed by atoms with Crippen LogP contribution in [0.15, 0.2) is 7.57 Å². The highest BCUT2D eigenvalue weighted by molar-refractivity contribution is 9.12. The molecule has 0 spiro atoms. The summed E-state index contributed by atoms with van der Waals surface area (Å²) in [6.07, 6.45) is -5.68. The summed E-state index contributed by atoms with van der Waals surface area (Å²) in [6, 6.07) is 0. The molecular formula is C7H3Br2F3O2S. The molecule has 2 nitrogen and oxygen atoms in total. The van der Waals surface area contributed by atoms with Gasteiger partial charge < -0.3 is 5.11 Å². The van der Waals surface area contributed by atoms with Gasteiger partial charge in [-0.1, -0.05) is 0 Å². The Hall–Kier alpha value is -0.0800. The van der Waals surface area contributed by atoms with E-state index < -0.39 is 18.6 Å². The van der Waals surface area contributed by atoms with Gasteiger partial charge in [-0.15, -0.1) is 11.3 Å². The molecule has 84 valence electrons. The van der Waals surface area contributed by atoms with Gasteiger partial charge in [0.25, 0.3) is 0 Å². The number of carboxylic acid groups (broad SMARTS) is 1. The second-order valence-electron chi connectivity index (χ2n) is 2.60. The third-order valence-electron chi connectivity index (χ3n) is 1.51. The van der Waals surface area contributed by atoms with Crippen LogP contribution in [0.25, 0.3) is 0 Å². The molecule has 1 rings (SSSR count). The fourth-order valence-electron chi connectivity index (χ4n) is 0.980. The lowest BCUT2D eigenvalue weighted by Crippen LogP contribution is -2.14. The van der Waals surface area contributed by atoms with E-state index in [0.717, 1.165) is 11.3 Å². The smallest absolute Gasteiger partial charge is 0.393 e. The first-order chi connectivity index (χ1) is 6.72. The van der Waals surface area contributed by atoms with Crippen LogP contribution in [0.4, 0.5) is 13.2 Å². The van der Waals surface area contributed by atoms with Crippen LogP contribution in [0.5, 0.6) is 0 Å².